The third kappa shape index (κ3) is 2.80. The van der Waals surface area contributed by atoms with Gasteiger partial charge in [-0.25, -0.2) is 0 Å². The summed E-state index contributed by atoms with van der Waals surface area (Å²) in [5.74, 6) is 0. The van der Waals surface area contributed by atoms with E-state index in [1.165, 1.54) is 11.3 Å². The third-order valence-electron chi connectivity index (χ3n) is 3.27. The number of benzene rings is 2. The van der Waals surface area contributed by atoms with Crippen LogP contribution in [0.2, 0.25) is 0 Å². The van der Waals surface area contributed by atoms with Crippen molar-refractivity contribution < 1.29 is 0 Å². The maximum Gasteiger partial charge on any atom is 0.279 e. The Labute approximate surface area is 131 Å². The van der Waals surface area contributed by atoms with E-state index in [4.69, 9.17) is 0 Å². The Hall–Kier alpha value is -2.77. The Kier molecular flexibility index (Phi) is 3.82. The fraction of sp³-hybridized carbons (Fsp3) is 0.0556. The lowest BCUT2D eigenvalue weighted by Gasteiger charge is -2.01. The number of aryl methyl sites for hydroxylation is 1. The molecule has 0 N–H and O–H groups in total. The first kappa shape index (κ1) is 14.2. The van der Waals surface area contributed by atoms with E-state index in [0.717, 1.165) is 15.8 Å². The molecule has 0 saturated carbocycles. The quantitative estimate of drug-likeness (QED) is 0.672. The van der Waals surface area contributed by atoms with E-state index in [0.29, 0.717) is 16.0 Å². The smallest absolute Gasteiger partial charge is 0.267 e. The number of hydrogen-bond acceptors (Lipinski definition) is 4. The average molecular weight is 304 g/mol. The highest BCUT2D eigenvalue weighted by atomic mass is 32.1. The molecule has 106 valence electrons. The predicted molar refractivity (Wildman–Crippen MR) is 90.6 cm³/mol. The van der Waals surface area contributed by atoms with E-state index in [1.54, 1.807) is 12.1 Å². The van der Waals surface area contributed by atoms with Gasteiger partial charge in [0.2, 0.25) is 0 Å². The molecule has 0 fully saturated rings. The predicted octanol–water partition coefficient (Wildman–Crippen LogP) is 4.03. The summed E-state index contributed by atoms with van der Waals surface area (Å²) in [7, 11) is 0. The fourth-order valence-electron chi connectivity index (χ4n) is 2.10. The summed E-state index contributed by atoms with van der Waals surface area (Å²) in [4.78, 5) is 16.1. The first-order valence-corrected chi connectivity index (χ1v) is 7.58. The SMILES string of the molecule is Cc1ccc(/C=C(\C#N)c2nc(=O)c3ccccc3s2)cc1. The van der Waals surface area contributed by atoms with Gasteiger partial charge in [0.1, 0.15) is 11.1 Å². The maximum atomic E-state index is 12.1. The minimum absolute atomic E-state index is 0.297. The molecule has 2 aromatic carbocycles. The van der Waals surface area contributed by atoms with Gasteiger partial charge in [0.25, 0.3) is 5.56 Å². The topological polar surface area (TPSA) is 53.8 Å². The van der Waals surface area contributed by atoms with Gasteiger partial charge in [-0.05, 0) is 30.7 Å². The van der Waals surface area contributed by atoms with Crippen molar-refractivity contribution in [3.05, 3.63) is 75.0 Å². The molecular weight excluding hydrogens is 292 g/mol. The first-order chi connectivity index (χ1) is 10.7. The molecule has 0 aliphatic rings. The molecule has 0 unspecified atom stereocenters. The van der Waals surface area contributed by atoms with Crippen LogP contribution in [-0.4, -0.2) is 4.98 Å². The van der Waals surface area contributed by atoms with Crippen molar-refractivity contribution >= 4 is 33.1 Å². The van der Waals surface area contributed by atoms with Gasteiger partial charge in [-0.3, -0.25) is 4.79 Å². The van der Waals surface area contributed by atoms with Gasteiger partial charge < -0.3 is 0 Å². The molecule has 0 aliphatic heterocycles. The van der Waals surface area contributed by atoms with Gasteiger partial charge in [-0.1, -0.05) is 42.0 Å². The van der Waals surface area contributed by atoms with Gasteiger partial charge in [-0.15, -0.1) is 11.3 Å². The van der Waals surface area contributed by atoms with Crippen LogP contribution < -0.4 is 5.56 Å². The molecule has 0 spiro atoms. The molecule has 3 nitrogen and oxygen atoms in total. The second-order valence-corrected chi connectivity index (χ2v) is 5.93. The zero-order valence-corrected chi connectivity index (χ0v) is 12.7. The second-order valence-electron chi connectivity index (χ2n) is 4.90. The number of rotatable bonds is 2. The summed E-state index contributed by atoms with van der Waals surface area (Å²) in [6, 6.07) is 17.3. The van der Waals surface area contributed by atoms with Gasteiger partial charge in [0.15, 0.2) is 0 Å². The molecule has 1 aromatic heterocycles. The second kappa shape index (κ2) is 5.92. The summed E-state index contributed by atoms with van der Waals surface area (Å²) < 4.78 is 0.836. The van der Waals surface area contributed by atoms with Crippen molar-refractivity contribution in [2.24, 2.45) is 0 Å². The number of hydrogen-bond donors (Lipinski definition) is 0. The average Bonchev–Trinajstić information content (AvgIpc) is 2.54. The number of nitriles is 1. The van der Waals surface area contributed by atoms with Crippen molar-refractivity contribution in [2.45, 2.75) is 6.92 Å². The number of fused-ring (bicyclic) bond motifs is 1. The van der Waals surface area contributed by atoms with Crippen molar-refractivity contribution in [2.75, 3.05) is 0 Å². The third-order valence-corrected chi connectivity index (χ3v) is 4.35. The molecule has 1 heterocycles. The lowest BCUT2D eigenvalue weighted by atomic mass is 10.1. The molecule has 3 rings (SSSR count). The largest absolute Gasteiger partial charge is 0.279 e. The molecule has 3 aromatic rings. The monoisotopic (exact) mass is 304 g/mol. The standard InChI is InChI=1S/C18H12N2OS/c1-12-6-8-13(9-7-12)10-14(11-19)18-20-17(21)15-4-2-3-5-16(15)22-18/h2-10H,1H3/b14-10+. The minimum Gasteiger partial charge on any atom is -0.267 e. The van der Waals surface area contributed by atoms with Crippen LogP contribution in [0.1, 0.15) is 16.1 Å². The van der Waals surface area contributed by atoms with Gasteiger partial charge in [0.05, 0.1) is 11.0 Å². The Morgan fingerprint density at radius 3 is 2.64 bits per heavy atom. The number of aromatic nitrogens is 1. The highest BCUT2D eigenvalue weighted by Gasteiger charge is 2.08. The molecule has 0 bridgehead atoms. The Morgan fingerprint density at radius 2 is 1.91 bits per heavy atom. The summed E-state index contributed by atoms with van der Waals surface area (Å²) in [5, 5.41) is 10.4. The van der Waals surface area contributed by atoms with Crippen LogP contribution in [0.4, 0.5) is 0 Å². The van der Waals surface area contributed by atoms with Gasteiger partial charge in [-0.2, -0.15) is 10.2 Å². The van der Waals surface area contributed by atoms with Gasteiger partial charge in [0, 0.05) is 4.70 Å². The van der Waals surface area contributed by atoms with E-state index in [1.807, 2.05) is 49.4 Å². The van der Waals surface area contributed by atoms with E-state index in [2.05, 4.69) is 11.1 Å². The van der Waals surface area contributed by atoms with E-state index in [9.17, 15) is 10.1 Å². The summed E-state index contributed by atoms with van der Waals surface area (Å²) in [6.45, 7) is 2.01. The molecule has 0 radical (unpaired) electrons. The van der Waals surface area contributed by atoms with E-state index >= 15 is 0 Å². The zero-order valence-electron chi connectivity index (χ0n) is 11.9. The van der Waals surface area contributed by atoms with Gasteiger partial charge >= 0.3 is 0 Å². The van der Waals surface area contributed by atoms with Crippen LogP contribution >= 0.6 is 11.3 Å². The highest BCUT2D eigenvalue weighted by Crippen LogP contribution is 2.24. The number of nitrogens with zero attached hydrogens (tertiary/aromatic N) is 2. The molecular formula is C18H12N2OS. The summed E-state index contributed by atoms with van der Waals surface area (Å²) in [5.41, 5.74) is 2.17. The Bertz CT molecular complexity index is 963. The van der Waals surface area contributed by atoms with Crippen molar-refractivity contribution in [3.63, 3.8) is 0 Å². The first-order valence-electron chi connectivity index (χ1n) is 6.76. The molecule has 0 atom stereocenters. The van der Waals surface area contributed by atoms with Crippen molar-refractivity contribution in [3.8, 4) is 6.07 Å². The summed E-state index contributed by atoms with van der Waals surface area (Å²) >= 11 is 1.35. The van der Waals surface area contributed by atoms with Crippen LogP contribution in [0, 0.1) is 18.3 Å². The summed E-state index contributed by atoms with van der Waals surface area (Å²) in [6.07, 6.45) is 1.76. The lowest BCUT2D eigenvalue weighted by Crippen LogP contribution is -2.07. The normalized spacial score (nSPS) is 11.4. The maximum absolute atomic E-state index is 12.1. The molecule has 22 heavy (non-hydrogen) atoms. The molecule has 0 saturated heterocycles. The molecule has 0 aliphatic carbocycles. The van der Waals surface area contributed by atoms with Crippen LogP contribution in [0.15, 0.2) is 53.3 Å². The Morgan fingerprint density at radius 1 is 1.18 bits per heavy atom. The zero-order chi connectivity index (χ0) is 15.5. The minimum atomic E-state index is -0.297. The molecule has 0 amide bonds. The van der Waals surface area contributed by atoms with E-state index in [-0.39, 0.29) is 5.56 Å². The fourth-order valence-corrected chi connectivity index (χ4v) is 3.06. The van der Waals surface area contributed by atoms with Crippen molar-refractivity contribution in [1.29, 1.82) is 5.26 Å². The van der Waals surface area contributed by atoms with Crippen LogP contribution in [0.3, 0.4) is 0 Å². The van der Waals surface area contributed by atoms with Crippen LogP contribution in [0.25, 0.3) is 21.7 Å². The Balaban J connectivity index is 2.13. The lowest BCUT2D eigenvalue weighted by molar-refractivity contribution is 1.28. The van der Waals surface area contributed by atoms with Crippen LogP contribution in [-0.2, 0) is 0 Å². The van der Waals surface area contributed by atoms with Crippen molar-refractivity contribution in [1.82, 2.24) is 4.98 Å². The van der Waals surface area contributed by atoms with Crippen LogP contribution in [0.5, 0.6) is 0 Å². The molecule has 4 heteroatoms. The van der Waals surface area contributed by atoms with E-state index < -0.39 is 0 Å². The highest BCUT2D eigenvalue weighted by molar-refractivity contribution is 7.19. The number of allylic oxidation sites excluding steroid dienone is 1.